The lowest BCUT2D eigenvalue weighted by atomic mass is 9.97. The minimum Gasteiger partial charge on any atom is -0.310 e. The van der Waals surface area contributed by atoms with Crippen LogP contribution in [0.4, 0.5) is 0 Å². The zero-order valence-electron chi connectivity index (χ0n) is 12.6. The molecule has 0 spiro atoms. The molecular formula is C16H28N2. The Balaban J connectivity index is 2.70. The first-order valence-electron chi connectivity index (χ1n) is 7.22. The molecule has 0 aliphatic carbocycles. The van der Waals surface area contributed by atoms with E-state index in [1.165, 1.54) is 30.5 Å². The molecule has 0 radical (unpaired) electrons. The molecule has 0 saturated carbocycles. The van der Waals surface area contributed by atoms with Crippen LogP contribution in [0.5, 0.6) is 0 Å². The number of nitrogens with one attached hydrogen (secondary N) is 1. The Morgan fingerprint density at radius 1 is 1.17 bits per heavy atom. The van der Waals surface area contributed by atoms with Gasteiger partial charge in [-0.3, -0.25) is 4.98 Å². The van der Waals surface area contributed by atoms with E-state index in [9.17, 15) is 0 Å². The number of pyridine rings is 1. The first-order chi connectivity index (χ1) is 8.54. The molecule has 2 nitrogen and oxygen atoms in total. The van der Waals surface area contributed by atoms with E-state index in [0.717, 1.165) is 18.2 Å². The standard InChI is InChI=1S/C16H28N2/c1-6-17-16(9-7-8-12(2)3)15-11-10-13(4)18-14(15)5/h10-12,16-17H,6-9H2,1-5H3. The predicted molar refractivity (Wildman–Crippen MR) is 78.8 cm³/mol. The summed E-state index contributed by atoms with van der Waals surface area (Å²) in [5.74, 6) is 0.796. The van der Waals surface area contributed by atoms with E-state index in [1.54, 1.807) is 0 Å². The first kappa shape index (κ1) is 15.2. The van der Waals surface area contributed by atoms with Gasteiger partial charge >= 0.3 is 0 Å². The van der Waals surface area contributed by atoms with Crippen LogP contribution in [0.1, 0.15) is 63.0 Å². The normalized spacial score (nSPS) is 13.0. The summed E-state index contributed by atoms with van der Waals surface area (Å²) in [6.07, 6.45) is 3.79. The molecule has 18 heavy (non-hydrogen) atoms. The van der Waals surface area contributed by atoms with Crippen molar-refractivity contribution in [3.8, 4) is 0 Å². The summed E-state index contributed by atoms with van der Waals surface area (Å²) in [5, 5.41) is 3.59. The van der Waals surface area contributed by atoms with Crippen LogP contribution < -0.4 is 5.32 Å². The number of aryl methyl sites for hydroxylation is 2. The van der Waals surface area contributed by atoms with E-state index in [1.807, 2.05) is 0 Å². The molecule has 1 atom stereocenters. The van der Waals surface area contributed by atoms with Crippen molar-refractivity contribution >= 4 is 0 Å². The fourth-order valence-electron chi connectivity index (χ4n) is 2.41. The lowest BCUT2D eigenvalue weighted by molar-refractivity contribution is 0.453. The third-order valence-corrected chi connectivity index (χ3v) is 3.37. The van der Waals surface area contributed by atoms with E-state index in [0.29, 0.717) is 6.04 Å². The second kappa shape index (κ2) is 7.52. The molecule has 0 saturated heterocycles. The number of hydrogen-bond donors (Lipinski definition) is 1. The number of nitrogens with zero attached hydrogens (tertiary/aromatic N) is 1. The highest BCUT2D eigenvalue weighted by atomic mass is 14.9. The maximum absolute atomic E-state index is 4.58. The molecule has 1 rings (SSSR count). The smallest absolute Gasteiger partial charge is 0.0423 e. The van der Waals surface area contributed by atoms with Gasteiger partial charge in [0.05, 0.1) is 0 Å². The highest BCUT2D eigenvalue weighted by Crippen LogP contribution is 2.23. The van der Waals surface area contributed by atoms with Crippen molar-refractivity contribution in [2.75, 3.05) is 6.54 Å². The summed E-state index contributed by atoms with van der Waals surface area (Å²) < 4.78 is 0. The third kappa shape index (κ3) is 4.77. The van der Waals surface area contributed by atoms with Gasteiger partial charge in [-0.25, -0.2) is 0 Å². The van der Waals surface area contributed by atoms with Crippen molar-refractivity contribution in [3.05, 3.63) is 29.1 Å². The Morgan fingerprint density at radius 2 is 1.89 bits per heavy atom. The summed E-state index contributed by atoms with van der Waals surface area (Å²) in [7, 11) is 0. The maximum Gasteiger partial charge on any atom is 0.0423 e. The number of aromatic nitrogens is 1. The average molecular weight is 248 g/mol. The van der Waals surface area contributed by atoms with Crippen molar-refractivity contribution in [2.45, 2.75) is 59.9 Å². The topological polar surface area (TPSA) is 24.9 Å². The lowest BCUT2D eigenvalue weighted by Crippen LogP contribution is -2.22. The SMILES string of the molecule is CCNC(CCCC(C)C)c1ccc(C)nc1C. The molecule has 0 aromatic carbocycles. The average Bonchev–Trinajstić information content (AvgIpc) is 2.28. The fourth-order valence-corrected chi connectivity index (χ4v) is 2.41. The van der Waals surface area contributed by atoms with Crippen molar-refractivity contribution < 1.29 is 0 Å². The molecule has 0 bridgehead atoms. The van der Waals surface area contributed by atoms with Crippen LogP contribution in [0, 0.1) is 19.8 Å². The molecule has 0 aliphatic rings. The van der Waals surface area contributed by atoms with Gasteiger partial charge in [-0.2, -0.15) is 0 Å². The molecule has 1 aromatic heterocycles. The molecule has 2 heteroatoms. The largest absolute Gasteiger partial charge is 0.310 e. The molecule has 1 heterocycles. The van der Waals surface area contributed by atoms with Crippen LogP contribution in [0.3, 0.4) is 0 Å². The van der Waals surface area contributed by atoms with Gasteiger partial charge in [0.2, 0.25) is 0 Å². The van der Waals surface area contributed by atoms with Gasteiger partial charge in [0.15, 0.2) is 0 Å². The molecule has 1 unspecified atom stereocenters. The molecule has 0 aliphatic heterocycles. The Hall–Kier alpha value is -0.890. The van der Waals surface area contributed by atoms with Gasteiger partial charge in [0.1, 0.15) is 0 Å². The monoisotopic (exact) mass is 248 g/mol. The Kier molecular flexibility index (Phi) is 6.34. The summed E-state index contributed by atoms with van der Waals surface area (Å²) in [5.41, 5.74) is 3.64. The third-order valence-electron chi connectivity index (χ3n) is 3.37. The van der Waals surface area contributed by atoms with E-state index < -0.39 is 0 Å². The Bertz CT molecular complexity index is 358. The van der Waals surface area contributed by atoms with Gasteiger partial charge in [0, 0.05) is 17.4 Å². The van der Waals surface area contributed by atoms with Crippen LogP contribution >= 0.6 is 0 Å². The van der Waals surface area contributed by atoms with Crippen LogP contribution in [0.15, 0.2) is 12.1 Å². The van der Waals surface area contributed by atoms with E-state index in [4.69, 9.17) is 0 Å². The minimum atomic E-state index is 0.460. The van der Waals surface area contributed by atoms with Gasteiger partial charge < -0.3 is 5.32 Å². The van der Waals surface area contributed by atoms with Crippen LogP contribution in [-0.4, -0.2) is 11.5 Å². The fraction of sp³-hybridized carbons (Fsp3) is 0.688. The van der Waals surface area contributed by atoms with Crippen LogP contribution in [0.25, 0.3) is 0 Å². The predicted octanol–water partition coefficient (Wildman–Crippen LogP) is 4.18. The number of rotatable bonds is 7. The molecular weight excluding hydrogens is 220 g/mol. The van der Waals surface area contributed by atoms with Crippen LogP contribution in [-0.2, 0) is 0 Å². The van der Waals surface area contributed by atoms with Crippen molar-refractivity contribution in [1.82, 2.24) is 10.3 Å². The van der Waals surface area contributed by atoms with Gasteiger partial charge in [-0.05, 0) is 44.4 Å². The summed E-state index contributed by atoms with van der Waals surface area (Å²) in [6.45, 7) is 11.9. The van der Waals surface area contributed by atoms with E-state index >= 15 is 0 Å². The highest BCUT2D eigenvalue weighted by Gasteiger charge is 2.13. The zero-order chi connectivity index (χ0) is 13.5. The summed E-state index contributed by atoms with van der Waals surface area (Å²) in [6, 6.07) is 4.82. The maximum atomic E-state index is 4.58. The molecule has 0 fully saturated rings. The lowest BCUT2D eigenvalue weighted by Gasteiger charge is -2.20. The van der Waals surface area contributed by atoms with E-state index in [2.05, 4.69) is 57.1 Å². The van der Waals surface area contributed by atoms with Gasteiger partial charge in [0.25, 0.3) is 0 Å². The van der Waals surface area contributed by atoms with Crippen molar-refractivity contribution in [3.63, 3.8) is 0 Å². The minimum absolute atomic E-state index is 0.460. The zero-order valence-corrected chi connectivity index (χ0v) is 12.6. The molecule has 0 amide bonds. The summed E-state index contributed by atoms with van der Waals surface area (Å²) in [4.78, 5) is 4.58. The van der Waals surface area contributed by atoms with E-state index in [-0.39, 0.29) is 0 Å². The van der Waals surface area contributed by atoms with Crippen LogP contribution in [0.2, 0.25) is 0 Å². The molecule has 1 aromatic rings. The van der Waals surface area contributed by atoms with Crippen molar-refractivity contribution in [2.24, 2.45) is 5.92 Å². The molecule has 102 valence electrons. The Morgan fingerprint density at radius 3 is 2.44 bits per heavy atom. The van der Waals surface area contributed by atoms with Gasteiger partial charge in [-0.15, -0.1) is 0 Å². The first-order valence-corrected chi connectivity index (χ1v) is 7.22. The highest BCUT2D eigenvalue weighted by molar-refractivity contribution is 5.25. The van der Waals surface area contributed by atoms with Gasteiger partial charge in [-0.1, -0.05) is 39.7 Å². The van der Waals surface area contributed by atoms with Crippen molar-refractivity contribution in [1.29, 1.82) is 0 Å². The Labute approximate surface area is 112 Å². The second-order valence-electron chi connectivity index (χ2n) is 5.56. The summed E-state index contributed by atoms with van der Waals surface area (Å²) >= 11 is 0. The second-order valence-corrected chi connectivity index (χ2v) is 5.56. The molecule has 1 N–H and O–H groups in total. The number of hydrogen-bond acceptors (Lipinski definition) is 2. The quantitative estimate of drug-likeness (QED) is 0.783.